The van der Waals surface area contributed by atoms with E-state index in [1.165, 1.54) is 0 Å². The van der Waals surface area contributed by atoms with Crippen LogP contribution in [0.3, 0.4) is 0 Å². The molecule has 3 aromatic rings. The number of benzene rings is 2. The lowest BCUT2D eigenvalue weighted by Gasteiger charge is -2.23. The number of nitrogens with one attached hydrogen (secondary N) is 2. The third-order valence-corrected chi connectivity index (χ3v) is 5.82. The lowest BCUT2D eigenvalue weighted by molar-refractivity contribution is -0.137. The number of carbonyl (C=O) groups is 2. The zero-order valence-corrected chi connectivity index (χ0v) is 22.4. The van der Waals surface area contributed by atoms with Crippen molar-refractivity contribution in [2.24, 2.45) is 5.41 Å². The number of rotatable bonds is 7. The van der Waals surface area contributed by atoms with Crippen molar-refractivity contribution in [2.75, 3.05) is 22.6 Å². The van der Waals surface area contributed by atoms with Crippen molar-refractivity contribution >= 4 is 40.3 Å². The number of aromatic nitrogens is 2. The number of anilines is 3. The van der Waals surface area contributed by atoms with Crippen LogP contribution in [0.25, 0.3) is 11.0 Å². The molecule has 0 radical (unpaired) electrons. The van der Waals surface area contributed by atoms with Crippen LogP contribution in [0.4, 0.5) is 35.3 Å². The second-order valence-corrected chi connectivity index (χ2v) is 11.2. The SMILES string of the molecule is CN(C(=O)CC(C)(C)C)c1ccc2c(c1)nc(NC(=O)Nc1ccc(C(F)(F)F)cc1)n2CCC(C)(C)O. The molecular formula is C27H34F3N5O3. The van der Waals surface area contributed by atoms with Crippen molar-refractivity contribution in [1.82, 2.24) is 9.55 Å². The minimum Gasteiger partial charge on any atom is -0.390 e. The zero-order chi connectivity index (χ0) is 28.5. The minimum absolute atomic E-state index is 0.0485. The summed E-state index contributed by atoms with van der Waals surface area (Å²) in [6.45, 7) is 9.63. The highest BCUT2D eigenvalue weighted by atomic mass is 19.4. The van der Waals surface area contributed by atoms with Crippen LogP contribution in [0, 0.1) is 5.41 Å². The summed E-state index contributed by atoms with van der Waals surface area (Å²) in [5, 5.41) is 15.4. The van der Waals surface area contributed by atoms with E-state index in [1.807, 2.05) is 20.8 Å². The fourth-order valence-corrected chi connectivity index (χ4v) is 3.76. The molecule has 0 atom stereocenters. The summed E-state index contributed by atoms with van der Waals surface area (Å²) >= 11 is 0. The normalized spacial score (nSPS) is 12.5. The number of alkyl halides is 3. The summed E-state index contributed by atoms with van der Waals surface area (Å²) in [7, 11) is 1.69. The van der Waals surface area contributed by atoms with Crippen LogP contribution in [-0.4, -0.2) is 39.2 Å². The first-order chi connectivity index (χ1) is 17.4. The molecule has 0 aliphatic rings. The topological polar surface area (TPSA) is 99.5 Å². The van der Waals surface area contributed by atoms with Crippen molar-refractivity contribution in [3.63, 3.8) is 0 Å². The van der Waals surface area contributed by atoms with Gasteiger partial charge in [0.25, 0.3) is 0 Å². The number of aliphatic hydroxyl groups is 1. The molecule has 0 aliphatic carbocycles. The molecule has 3 rings (SSSR count). The summed E-state index contributed by atoms with van der Waals surface area (Å²) in [6.07, 6.45) is -3.76. The number of imidazole rings is 1. The Bertz CT molecular complexity index is 1300. The van der Waals surface area contributed by atoms with Crippen molar-refractivity contribution in [2.45, 2.75) is 65.8 Å². The van der Waals surface area contributed by atoms with Crippen LogP contribution in [-0.2, 0) is 17.5 Å². The summed E-state index contributed by atoms with van der Waals surface area (Å²) in [6, 6.07) is 8.73. The van der Waals surface area contributed by atoms with E-state index >= 15 is 0 Å². The second kappa shape index (κ2) is 10.6. The van der Waals surface area contributed by atoms with E-state index in [-0.39, 0.29) is 23.0 Å². The number of aryl methyl sites for hydroxylation is 1. The number of nitrogens with zero attached hydrogens (tertiary/aromatic N) is 3. The average Bonchev–Trinajstić information content (AvgIpc) is 3.11. The van der Waals surface area contributed by atoms with Gasteiger partial charge in [0.2, 0.25) is 11.9 Å². The van der Waals surface area contributed by atoms with Crippen LogP contribution in [0.15, 0.2) is 42.5 Å². The molecule has 0 aliphatic heterocycles. The first-order valence-electron chi connectivity index (χ1n) is 12.2. The molecule has 11 heteroatoms. The van der Waals surface area contributed by atoms with Crippen LogP contribution in [0.1, 0.15) is 53.0 Å². The smallest absolute Gasteiger partial charge is 0.390 e. The predicted octanol–water partition coefficient (Wildman–Crippen LogP) is 6.26. The van der Waals surface area contributed by atoms with Crippen molar-refractivity contribution in [1.29, 1.82) is 0 Å². The Morgan fingerprint density at radius 1 is 1.00 bits per heavy atom. The summed E-state index contributed by atoms with van der Waals surface area (Å²) in [5.41, 5.74) is 0.0498. The molecule has 8 nitrogen and oxygen atoms in total. The molecule has 1 heterocycles. The molecule has 3 N–H and O–H groups in total. The van der Waals surface area contributed by atoms with Crippen LogP contribution in [0.2, 0.25) is 0 Å². The maximum absolute atomic E-state index is 12.8. The lowest BCUT2D eigenvalue weighted by Crippen LogP contribution is -2.29. The molecule has 2 aromatic carbocycles. The Morgan fingerprint density at radius 2 is 1.63 bits per heavy atom. The van der Waals surface area contributed by atoms with E-state index in [4.69, 9.17) is 0 Å². The highest BCUT2D eigenvalue weighted by molar-refractivity contribution is 6.00. The molecular weight excluding hydrogens is 499 g/mol. The average molecular weight is 534 g/mol. The molecule has 206 valence electrons. The molecule has 3 amide bonds. The first kappa shape index (κ1) is 29.0. The molecule has 0 saturated carbocycles. The molecule has 0 saturated heterocycles. The van der Waals surface area contributed by atoms with Crippen LogP contribution < -0.4 is 15.5 Å². The standard InChI is InChI=1S/C27H34F3N5O3/c1-25(2,3)16-22(36)34(6)19-11-12-21-20(15-19)32-23(35(21)14-13-26(4,5)38)33-24(37)31-18-9-7-17(8-10-18)27(28,29)30/h7-12,15,38H,13-14,16H2,1-6H3,(H2,31,32,33,37). The van der Waals surface area contributed by atoms with E-state index in [0.29, 0.717) is 36.1 Å². The van der Waals surface area contributed by atoms with Gasteiger partial charge >= 0.3 is 12.2 Å². The number of hydrogen-bond acceptors (Lipinski definition) is 4. The summed E-state index contributed by atoms with van der Waals surface area (Å²) < 4.78 is 40.2. The fourth-order valence-electron chi connectivity index (χ4n) is 3.76. The van der Waals surface area contributed by atoms with Gasteiger partial charge in [0, 0.05) is 31.4 Å². The molecule has 0 spiro atoms. The third-order valence-electron chi connectivity index (χ3n) is 5.82. The maximum atomic E-state index is 12.8. The van der Waals surface area contributed by atoms with Gasteiger partial charge in [0.05, 0.1) is 22.2 Å². The number of fused-ring (bicyclic) bond motifs is 1. The molecule has 1 aromatic heterocycles. The first-order valence-corrected chi connectivity index (χ1v) is 12.2. The Morgan fingerprint density at radius 3 is 2.18 bits per heavy atom. The molecule has 38 heavy (non-hydrogen) atoms. The van der Waals surface area contributed by atoms with Gasteiger partial charge in [-0.05, 0) is 68.1 Å². The monoisotopic (exact) mass is 533 g/mol. The largest absolute Gasteiger partial charge is 0.416 e. The van der Waals surface area contributed by atoms with Gasteiger partial charge in [-0.15, -0.1) is 0 Å². The van der Waals surface area contributed by atoms with Crippen LogP contribution >= 0.6 is 0 Å². The maximum Gasteiger partial charge on any atom is 0.416 e. The van der Waals surface area contributed by atoms with Crippen molar-refractivity contribution in [3.05, 3.63) is 48.0 Å². The van der Waals surface area contributed by atoms with E-state index in [0.717, 1.165) is 24.3 Å². The van der Waals surface area contributed by atoms with Crippen molar-refractivity contribution < 1.29 is 27.9 Å². The third kappa shape index (κ3) is 7.70. The van der Waals surface area contributed by atoms with Gasteiger partial charge in [-0.25, -0.2) is 9.78 Å². The number of urea groups is 1. The van der Waals surface area contributed by atoms with E-state index in [9.17, 15) is 27.9 Å². The quantitative estimate of drug-likeness (QED) is 0.334. The van der Waals surface area contributed by atoms with E-state index in [1.54, 1.807) is 48.6 Å². The Balaban J connectivity index is 1.87. The van der Waals surface area contributed by atoms with Gasteiger partial charge < -0.3 is 19.9 Å². The number of hydrogen-bond donors (Lipinski definition) is 3. The summed E-state index contributed by atoms with van der Waals surface area (Å²) in [4.78, 5) is 31.5. The van der Waals surface area contributed by atoms with Gasteiger partial charge in [-0.2, -0.15) is 13.2 Å². The predicted molar refractivity (Wildman–Crippen MR) is 142 cm³/mol. The van der Waals surface area contributed by atoms with Gasteiger partial charge in [-0.1, -0.05) is 20.8 Å². The van der Waals surface area contributed by atoms with Gasteiger partial charge in [0.15, 0.2) is 0 Å². The zero-order valence-electron chi connectivity index (χ0n) is 22.4. The van der Waals surface area contributed by atoms with Crippen LogP contribution in [0.5, 0.6) is 0 Å². The molecule has 0 fully saturated rings. The van der Waals surface area contributed by atoms with Crippen molar-refractivity contribution in [3.8, 4) is 0 Å². The van der Waals surface area contributed by atoms with E-state index in [2.05, 4.69) is 15.6 Å². The molecule has 0 bridgehead atoms. The summed E-state index contributed by atoms with van der Waals surface area (Å²) in [5.74, 6) is 0.141. The van der Waals surface area contributed by atoms with Gasteiger partial charge in [-0.3, -0.25) is 10.1 Å². The number of amides is 3. The molecule has 0 unspecified atom stereocenters. The Kier molecular flexibility index (Phi) is 8.11. The Labute approximate surface area is 219 Å². The minimum atomic E-state index is -4.48. The number of carbonyl (C=O) groups excluding carboxylic acids is 2. The van der Waals surface area contributed by atoms with Gasteiger partial charge in [0.1, 0.15) is 0 Å². The lowest BCUT2D eigenvalue weighted by atomic mass is 9.91. The highest BCUT2D eigenvalue weighted by Gasteiger charge is 2.30. The number of halogens is 3. The highest BCUT2D eigenvalue weighted by Crippen LogP contribution is 2.30. The van der Waals surface area contributed by atoms with E-state index < -0.39 is 23.4 Å². The fraction of sp³-hybridized carbons (Fsp3) is 0.444. The second-order valence-electron chi connectivity index (χ2n) is 11.2. The Hall–Kier alpha value is -3.60.